The molecule has 0 saturated heterocycles. The Morgan fingerprint density at radius 3 is 2.80 bits per heavy atom. The van der Waals surface area contributed by atoms with E-state index in [0.717, 1.165) is 41.3 Å². The molecule has 2 aromatic rings. The number of halogens is 1. The highest BCUT2D eigenvalue weighted by molar-refractivity contribution is 6.35. The van der Waals surface area contributed by atoms with Crippen molar-refractivity contribution >= 4 is 34.1 Å². The van der Waals surface area contributed by atoms with E-state index in [-0.39, 0.29) is 11.8 Å². The van der Waals surface area contributed by atoms with Crippen LogP contribution in [0.15, 0.2) is 30.5 Å². The molecule has 0 radical (unpaired) electrons. The average Bonchev–Trinajstić information content (AvgIpc) is 3.08. The smallest absolute Gasteiger partial charge is 0.227 e. The molecule has 0 spiro atoms. The molecule has 2 atom stereocenters. The van der Waals surface area contributed by atoms with E-state index < -0.39 is 0 Å². The summed E-state index contributed by atoms with van der Waals surface area (Å²) in [7, 11) is 0. The lowest BCUT2D eigenvalue weighted by Gasteiger charge is -2.14. The molecular weight excluding hydrogens is 272 g/mol. The monoisotopic (exact) mass is 286 g/mol. The first-order valence-electron chi connectivity index (χ1n) is 7.06. The van der Waals surface area contributed by atoms with E-state index >= 15 is 0 Å². The number of aromatic nitrogens is 1. The third-order valence-corrected chi connectivity index (χ3v) is 4.92. The number of hydrogen-bond donors (Lipinski definition) is 1. The first-order chi connectivity index (χ1) is 9.72. The standard InChI is InChI=1S/C16H15ClN2O/c17-13-3-4-14(15-12(13)2-1-5-18-15)19-16(20)11-7-9-6-10(9)8-11/h1-5,9-11H,6-8H2,(H,19,20). The van der Waals surface area contributed by atoms with Crippen molar-refractivity contribution in [1.29, 1.82) is 0 Å². The zero-order chi connectivity index (χ0) is 13.7. The third kappa shape index (κ3) is 1.97. The molecule has 102 valence electrons. The van der Waals surface area contributed by atoms with Crippen molar-refractivity contribution in [3.63, 3.8) is 0 Å². The van der Waals surface area contributed by atoms with Gasteiger partial charge in [0.05, 0.1) is 16.2 Å². The van der Waals surface area contributed by atoms with Gasteiger partial charge in [0.15, 0.2) is 0 Å². The Morgan fingerprint density at radius 2 is 2.00 bits per heavy atom. The topological polar surface area (TPSA) is 42.0 Å². The maximum Gasteiger partial charge on any atom is 0.227 e. The molecule has 3 nitrogen and oxygen atoms in total. The van der Waals surface area contributed by atoms with Crippen molar-refractivity contribution in [2.75, 3.05) is 5.32 Å². The van der Waals surface area contributed by atoms with Crippen LogP contribution in [0.25, 0.3) is 10.9 Å². The minimum atomic E-state index is 0.131. The highest BCUT2D eigenvalue weighted by atomic mass is 35.5. The summed E-state index contributed by atoms with van der Waals surface area (Å²) in [6, 6.07) is 7.42. The van der Waals surface area contributed by atoms with Crippen LogP contribution in [0, 0.1) is 17.8 Å². The summed E-state index contributed by atoms with van der Waals surface area (Å²) in [5.41, 5.74) is 1.52. The number of benzene rings is 1. The van der Waals surface area contributed by atoms with E-state index in [4.69, 9.17) is 11.6 Å². The van der Waals surface area contributed by atoms with Crippen molar-refractivity contribution in [2.45, 2.75) is 19.3 Å². The van der Waals surface area contributed by atoms with Gasteiger partial charge < -0.3 is 5.32 Å². The number of carbonyl (C=O) groups excluding carboxylic acids is 1. The molecule has 2 aliphatic rings. The zero-order valence-corrected chi connectivity index (χ0v) is 11.7. The van der Waals surface area contributed by atoms with E-state index in [1.54, 1.807) is 6.20 Å². The Labute approximate surface area is 122 Å². The van der Waals surface area contributed by atoms with Crippen LogP contribution in [-0.4, -0.2) is 10.9 Å². The normalized spacial score (nSPS) is 27.4. The summed E-state index contributed by atoms with van der Waals surface area (Å²) in [5.74, 6) is 1.93. The highest BCUT2D eigenvalue weighted by Gasteiger charge is 2.48. The van der Waals surface area contributed by atoms with Gasteiger partial charge >= 0.3 is 0 Å². The molecular formula is C16H15ClN2O. The van der Waals surface area contributed by atoms with Gasteiger partial charge in [-0.25, -0.2) is 0 Å². The van der Waals surface area contributed by atoms with Crippen LogP contribution in [-0.2, 0) is 4.79 Å². The van der Waals surface area contributed by atoms with Gasteiger partial charge in [0.2, 0.25) is 5.91 Å². The molecule has 2 fully saturated rings. The first kappa shape index (κ1) is 12.2. The molecule has 2 saturated carbocycles. The minimum Gasteiger partial charge on any atom is -0.324 e. The summed E-state index contributed by atoms with van der Waals surface area (Å²) >= 11 is 6.16. The van der Waals surface area contributed by atoms with Crippen LogP contribution in [0.5, 0.6) is 0 Å². The average molecular weight is 287 g/mol. The maximum atomic E-state index is 12.3. The summed E-state index contributed by atoms with van der Waals surface area (Å²) in [4.78, 5) is 16.7. The summed E-state index contributed by atoms with van der Waals surface area (Å²) in [5, 5.41) is 4.57. The Morgan fingerprint density at radius 1 is 1.20 bits per heavy atom. The fourth-order valence-corrected chi connectivity index (χ4v) is 3.62. The predicted octanol–water partition coefficient (Wildman–Crippen LogP) is 3.87. The number of fused-ring (bicyclic) bond motifs is 2. The van der Waals surface area contributed by atoms with Gasteiger partial charge in [0.1, 0.15) is 0 Å². The van der Waals surface area contributed by atoms with Gasteiger partial charge in [0, 0.05) is 17.5 Å². The fraction of sp³-hybridized carbons (Fsp3) is 0.375. The van der Waals surface area contributed by atoms with Gasteiger partial charge in [-0.15, -0.1) is 0 Å². The first-order valence-corrected chi connectivity index (χ1v) is 7.44. The fourth-order valence-electron chi connectivity index (χ4n) is 3.40. The number of nitrogens with zero attached hydrogens (tertiary/aromatic N) is 1. The number of rotatable bonds is 2. The number of hydrogen-bond acceptors (Lipinski definition) is 2. The molecule has 1 aromatic heterocycles. The molecule has 1 N–H and O–H groups in total. The number of pyridine rings is 1. The van der Waals surface area contributed by atoms with Crippen molar-refractivity contribution in [1.82, 2.24) is 4.98 Å². The van der Waals surface area contributed by atoms with Crippen LogP contribution in [0.4, 0.5) is 5.69 Å². The number of amides is 1. The lowest BCUT2D eigenvalue weighted by Crippen LogP contribution is -2.21. The quantitative estimate of drug-likeness (QED) is 0.910. The number of nitrogens with one attached hydrogen (secondary N) is 1. The molecule has 20 heavy (non-hydrogen) atoms. The van der Waals surface area contributed by atoms with Gasteiger partial charge in [-0.1, -0.05) is 11.6 Å². The Bertz CT molecular complexity index is 690. The van der Waals surface area contributed by atoms with E-state index in [2.05, 4.69) is 10.3 Å². The van der Waals surface area contributed by atoms with Crippen LogP contribution >= 0.6 is 11.6 Å². The maximum absolute atomic E-state index is 12.3. The SMILES string of the molecule is O=C(Nc1ccc(Cl)c2cccnc12)C1CC2CC2C1. The molecule has 2 unspecified atom stereocenters. The van der Waals surface area contributed by atoms with Crippen LogP contribution in [0.1, 0.15) is 19.3 Å². The van der Waals surface area contributed by atoms with Crippen LogP contribution < -0.4 is 5.32 Å². The molecule has 4 rings (SSSR count). The Kier molecular flexibility index (Phi) is 2.71. The second-order valence-corrected chi connectivity index (χ2v) is 6.32. The van der Waals surface area contributed by atoms with Gasteiger partial charge in [-0.3, -0.25) is 9.78 Å². The van der Waals surface area contributed by atoms with Crippen LogP contribution in [0.3, 0.4) is 0 Å². The van der Waals surface area contributed by atoms with Crippen molar-refractivity contribution in [2.24, 2.45) is 17.8 Å². The molecule has 4 heteroatoms. The largest absolute Gasteiger partial charge is 0.324 e. The van der Waals surface area contributed by atoms with Gasteiger partial charge in [-0.2, -0.15) is 0 Å². The molecule has 0 aliphatic heterocycles. The third-order valence-electron chi connectivity index (χ3n) is 4.59. The molecule has 1 heterocycles. The molecule has 2 aliphatic carbocycles. The van der Waals surface area contributed by atoms with Gasteiger partial charge in [0.25, 0.3) is 0 Å². The van der Waals surface area contributed by atoms with Gasteiger partial charge in [-0.05, 0) is 55.4 Å². The van der Waals surface area contributed by atoms with E-state index in [9.17, 15) is 4.79 Å². The minimum absolute atomic E-state index is 0.131. The lowest BCUT2D eigenvalue weighted by molar-refractivity contribution is -0.119. The van der Waals surface area contributed by atoms with Crippen molar-refractivity contribution < 1.29 is 4.79 Å². The van der Waals surface area contributed by atoms with Crippen molar-refractivity contribution in [3.05, 3.63) is 35.5 Å². The molecule has 0 bridgehead atoms. The highest BCUT2D eigenvalue weighted by Crippen LogP contribution is 2.54. The second-order valence-electron chi connectivity index (χ2n) is 5.91. The molecule has 1 aromatic carbocycles. The Hall–Kier alpha value is -1.61. The number of anilines is 1. The van der Waals surface area contributed by atoms with E-state index in [0.29, 0.717) is 5.02 Å². The van der Waals surface area contributed by atoms with E-state index in [1.807, 2.05) is 24.3 Å². The summed E-state index contributed by atoms with van der Waals surface area (Å²) in [6.45, 7) is 0. The summed E-state index contributed by atoms with van der Waals surface area (Å²) in [6.07, 6.45) is 5.15. The van der Waals surface area contributed by atoms with Crippen molar-refractivity contribution in [3.8, 4) is 0 Å². The number of carbonyl (C=O) groups is 1. The second kappa shape index (κ2) is 4.45. The predicted molar refractivity (Wildman–Crippen MR) is 79.7 cm³/mol. The van der Waals surface area contributed by atoms with E-state index in [1.165, 1.54) is 6.42 Å². The molecule has 1 amide bonds. The zero-order valence-electron chi connectivity index (χ0n) is 11.0. The Balaban J connectivity index is 1.62. The summed E-state index contributed by atoms with van der Waals surface area (Å²) < 4.78 is 0. The van der Waals surface area contributed by atoms with Crippen LogP contribution in [0.2, 0.25) is 5.02 Å². The lowest BCUT2D eigenvalue weighted by atomic mass is 10.0.